The topological polar surface area (TPSA) is 39.8 Å². The van der Waals surface area contributed by atoms with Gasteiger partial charge < -0.3 is 0 Å². The Balaban J connectivity index is 0.000000620. The second-order valence-electron chi connectivity index (χ2n) is 7.60. The molecule has 0 aliphatic heterocycles. The van der Waals surface area contributed by atoms with Crippen LogP contribution in [0.1, 0.15) is 34.6 Å². The Morgan fingerprint density at radius 3 is 0.765 bits per heavy atom. The first-order valence-corrected chi connectivity index (χ1v) is 14.9. The van der Waals surface area contributed by atoms with Gasteiger partial charge in [-0.1, -0.05) is 34.6 Å². The first kappa shape index (κ1) is 32.5. The van der Waals surface area contributed by atoms with Crippen molar-refractivity contribution >= 4 is 30.5 Å². The van der Waals surface area contributed by atoms with Gasteiger partial charge in [0, 0.05) is 17.1 Å². The Morgan fingerprint density at radius 1 is 0.412 bits per heavy atom. The molecule has 34 heavy (non-hydrogen) atoms. The van der Waals surface area contributed by atoms with Gasteiger partial charge >= 0.3 is 144 Å². The zero-order valence-corrected chi connectivity index (χ0v) is 24.3. The molecule has 0 amide bonds. The van der Waals surface area contributed by atoms with Gasteiger partial charge in [0.25, 0.3) is 0 Å². The molecule has 3 aromatic rings. The number of rotatable bonds is 3. The third kappa shape index (κ3) is 8.91. The van der Waals surface area contributed by atoms with E-state index in [1.807, 2.05) is 0 Å². The summed E-state index contributed by atoms with van der Waals surface area (Å²) in [6, 6.07) is 32.9. The summed E-state index contributed by atoms with van der Waals surface area (Å²) in [6.45, 7) is 20.0. The van der Waals surface area contributed by atoms with Crippen LogP contribution in [0.4, 0.5) is 0 Å². The molecule has 2 nitrogen and oxygen atoms in total. The van der Waals surface area contributed by atoms with E-state index in [1.165, 1.54) is 40.3 Å². The number of hydrogen-bond acceptors (Lipinski definition) is 0. The number of benzene rings is 3. The van der Waals surface area contributed by atoms with E-state index in [4.69, 9.17) is 9.30 Å². The van der Waals surface area contributed by atoms with E-state index in [1.54, 1.807) is 0 Å². The van der Waals surface area contributed by atoms with Gasteiger partial charge in [-0.15, -0.1) is 0 Å². The zero-order valence-electron chi connectivity index (χ0n) is 20.3. The Kier molecular flexibility index (Phi) is 17.0. The van der Waals surface area contributed by atoms with Crippen molar-refractivity contribution in [2.45, 2.75) is 34.6 Å². The van der Waals surface area contributed by atoms with Crippen LogP contribution in [0.5, 0.6) is 0 Å². The molecule has 0 N–H and O–H groups in total. The second-order valence-corrected chi connectivity index (χ2v) is 14.7. The summed E-state index contributed by atoms with van der Waals surface area (Å²) in [5, 5.41) is 0. The third-order valence-corrected chi connectivity index (χ3v) is 13.8. The SMILES string of the molecule is C[C]1[C](C)[C](C)[C](C)[C]1C.[C-]#[O+].[C-]#[O+].[Fe].c1cc[c]([Sn]([c]2ccccc2)[c]2ccccc2)cc1. The third-order valence-electron chi connectivity index (χ3n) is 6.00. The van der Waals surface area contributed by atoms with Crippen molar-refractivity contribution in [3.63, 3.8) is 0 Å². The predicted molar refractivity (Wildman–Crippen MR) is 136 cm³/mol. The van der Waals surface area contributed by atoms with Crippen LogP contribution in [-0.4, -0.2) is 19.8 Å². The van der Waals surface area contributed by atoms with Crippen LogP contribution in [0.3, 0.4) is 0 Å². The molecule has 0 spiro atoms. The van der Waals surface area contributed by atoms with Gasteiger partial charge in [-0.05, 0) is 29.6 Å². The van der Waals surface area contributed by atoms with Crippen molar-refractivity contribution < 1.29 is 26.4 Å². The fraction of sp³-hybridized carbons (Fsp3) is 0.167. The Morgan fingerprint density at radius 2 is 0.588 bits per heavy atom. The summed E-state index contributed by atoms with van der Waals surface area (Å²) in [5.74, 6) is 7.34. The van der Waals surface area contributed by atoms with Crippen LogP contribution in [-0.2, 0) is 26.4 Å². The molecule has 0 aromatic heterocycles. The first-order valence-electron chi connectivity index (χ1n) is 10.6. The molecule has 1 saturated carbocycles. The van der Waals surface area contributed by atoms with Crippen LogP contribution in [0, 0.1) is 42.9 Å². The molecular formula is C30H30FeO2Sn. The summed E-state index contributed by atoms with van der Waals surface area (Å²) >= 11 is -1.98. The van der Waals surface area contributed by atoms with Gasteiger partial charge in [0.1, 0.15) is 0 Å². The number of hydrogen-bond donors (Lipinski definition) is 0. The van der Waals surface area contributed by atoms with E-state index in [-0.39, 0.29) is 17.1 Å². The van der Waals surface area contributed by atoms with E-state index in [0.29, 0.717) is 0 Å². The fourth-order valence-electron chi connectivity index (χ4n) is 3.72. The first-order chi connectivity index (χ1) is 16.0. The van der Waals surface area contributed by atoms with Crippen molar-refractivity contribution in [2.75, 3.05) is 0 Å². The van der Waals surface area contributed by atoms with E-state index in [9.17, 15) is 0 Å². The van der Waals surface area contributed by atoms with Gasteiger partial charge in [0.15, 0.2) is 0 Å². The Labute approximate surface area is 224 Å². The monoisotopic (exact) mass is 598 g/mol. The average Bonchev–Trinajstić information content (AvgIpc) is 3.06. The average molecular weight is 597 g/mol. The van der Waals surface area contributed by atoms with E-state index in [0.717, 1.165) is 0 Å². The molecule has 1 fully saturated rings. The summed E-state index contributed by atoms with van der Waals surface area (Å²) in [5.41, 5.74) is 0. The van der Waals surface area contributed by atoms with Crippen molar-refractivity contribution in [3.8, 4) is 0 Å². The molecule has 0 heterocycles. The van der Waals surface area contributed by atoms with Crippen molar-refractivity contribution in [1.29, 1.82) is 0 Å². The summed E-state index contributed by atoms with van der Waals surface area (Å²) in [4.78, 5) is 0. The fourth-order valence-corrected chi connectivity index (χ4v) is 11.1. The van der Waals surface area contributed by atoms with Crippen molar-refractivity contribution in [3.05, 3.63) is 134 Å². The molecule has 0 unspecified atom stereocenters. The molecule has 3 aromatic carbocycles. The van der Waals surface area contributed by atoms with E-state index in [2.05, 4.69) is 139 Å². The molecule has 0 atom stereocenters. The molecule has 1 aliphatic rings. The van der Waals surface area contributed by atoms with Gasteiger partial charge in [0.2, 0.25) is 0 Å². The quantitative estimate of drug-likeness (QED) is 0.229. The van der Waals surface area contributed by atoms with Crippen LogP contribution in [0.2, 0.25) is 0 Å². The Bertz CT molecular complexity index is 799. The summed E-state index contributed by atoms with van der Waals surface area (Å²) in [7, 11) is 0. The summed E-state index contributed by atoms with van der Waals surface area (Å²) in [6.07, 6.45) is 0. The van der Waals surface area contributed by atoms with Crippen LogP contribution in [0.25, 0.3) is 0 Å². The minimum atomic E-state index is -1.98. The molecule has 174 valence electrons. The van der Waals surface area contributed by atoms with Gasteiger partial charge in [0.05, 0.1) is 0 Å². The molecule has 0 saturated heterocycles. The van der Waals surface area contributed by atoms with Crippen LogP contribution in [0.15, 0.2) is 91.0 Å². The summed E-state index contributed by atoms with van der Waals surface area (Å²) < 4.78 is 19.6. The molecule has 4 rings (SSSR count). The van der Waals surface area contributed by atoms with Gasteiger partial charge in [-0.2, -0.15) is 0 Å². The van der Waals surface area contributed by atoms with E-state index >= 15 is 0 Å². The van der Waals surface area contributed by atoms with Crippen LogP contribution >= 0.6 is 0 Å². The Hall–Kier alpha value is -1.54. The maximum atomic E-state index is 7.50. The van der Waals surface area contributed by atoms with Crippen LogP contribution < -0.4 is 10.7 Å². The molecule has 1 aliphatic carbocycles. The predicted octanol–water partition coefficient (Wildman–Crippen LogP) is 5.10. The standard InChI is InChI=1S/C10H15.3C6H5.2CO.Fe.Sn/c1-6-7(2)9(4)10(5)8(6)3;3*1-2-4-6-5-3-1;2*1-2;;/h1-5H3;3*1-5H;;;;. The normalized spacial score (nSPS) is 14.4. The minimum absolute atomic E-state index is 0. The van der Waals surface area contributed by atoms with E-state index < -0.39 is 19.8 Å². The molecule has 0 bridgehead atoms. The molecular weight excluding hydrogens is 567 g/mol. The molecule has 4 heteroatoms. The zero-order chi connectivity index (χ0) is 24.8. The second kappa shape index (κ2) is 17.8. The molecule has 6 radical (unpaired) electrons. The van der Waals surface area contributed by atoms with Gasteiger partial charge in [-0.3, -0.25) is 0 Å². The van der Waals surface area contributed by atoms with Crippen molar-refractivity contribution in [1.82, 2.24) is 0 Å². The van der Waals surface area contributed by atoms with Gasteiger partial charge in [-0.25, -0.2) is 0 Å². The van der Waals surface area contributed by atoms with Crippen molar-refractivity contribution in [2.24, 2.45) is 0 Å². The maximum absolute atomic E-state index is 7.50.